The van der Waals surface area contributed by atoms with Crippen molar-refractivity contribution >= 4 is 34.9 Å². The largest absolute Gasteiger partial charge is 0.336 e. The third-order valence-corrected chi connectivity index (χ3v) is 7.99. The van der Waals surface area contributed by atoms with E-state index in [0.717, 1.165) is 41.9 Å². The van der Waals surface area contributed by atoms with E-state index in [2.05, 4.69) is 24.0 Å². The standard InChI is InChI=1S/C30H27F2N3O3S/c1-20(22-7-3-2-4-8-22)33-12-14-34(15-13-33)28(36)23-9-5-6-21(16-23)17-27-29(37)35(30(38)39-27)19-24-10-11-25(31)18-26(24)32/h2-11,16-18,20H,12-15,19H2,1H3. The molecule has 0 aromatic heterocycles. The Kier molecular flexibility index (Phi) is 7.90. The van der Waals surface area contributed by atoms with E-state index in [1.807, 2.05) is 23.1 Å². The van der Waals surface area contributed by atoms with E-state index < -0.39 is 22.8 Å². The van der Waals surface area contributed by atoms with Crippen LogP contribution in [0.25, 0.3) is 6.08 Å². The highest BCUT2D eigenvalue weighted by atomic mass is 32.2. The number of thioether (sulfide) groups is 1. The second kappa shape index (κ2) is 11.5. The number of imide groups is 1. The second-order valence-electron chi connectivity index (χ2n) is 9.54. The fourth-order valence-electron chi connectivity index (χ4n) is 4.81. The van der Waals surface area contributed by atoms with Crippen LogP contribution < -0.4 is 0 Å². The van der Waals surface area contributed by atoms with Crippen molar-refractivity contribution in [1.82, 2.24) is 14.7 Å². The highest BCUT2D eigenvalue weighted by molar-refractivity contribution is 8.18. The summed E-state index contributed by atoms with van der Waals surface area (Å²) in [7, 11) is 0. The predicted octanol–water partition coefficient (Wildman–Crippen LogP) is 5.72. The first-order valence-electron chi connectivity index (χ1n) is 12.7. The molecule has 0 N–H and O–H groups in total. The molecular formula is C30H27F2N3O3S. The third-order valence-electron chi connectivity index (χ3n) is 7.08. The predicted molar refractivity (Wildman–Crippen MR) is 147 cm³/mol. The molecule has 0 saturated carbocycles. The van der Waals surface area contributed by atoms with Crippen molar-refractivity contribution < 1.29 is 23.2 Å². The van der Waals surface area contributed by atoms with Crippen LogP contribution in [0.2, 0.25) is 0 Å². The average molecular weight is 548 g/mol. The number of nitrogens with zero attached hydrogens (tertiary/aromatic N) is 3. The molecule has 9 heteroatoms. The summed E-state index contributed by atoms with van der Waals surface area (Å²) in [6.07, 6.45) is 1.56. The van der Waals surface area contributed by atoms with Gasteiger partial charge in [0.2, 0.25) is 0 Å². The van der Waals surface area contributed by atoms with E-state index in [1.54, 1.807) is 30.3 Å². The van der Waals surface area contributed by atoms with Crippen LogP contribution in [0.5, 0.6) is 0 Å². The van der Waals surface area contributed by atoms with Gasteiger partial charge in [0.05, 0.1) is 11.4 Å². The van der Waals surface area contributed by atoms with Gasteiger partial charge in [-0.05, 0) is 54.1 Å². The lowest BCUT2D eigenvalue weighted by Gasteiger charge is -2.38. The van der Waals surface area contributed by atoms with Gasteiger partial charge in [0, 0.05) is 49.4 Å². The van der Waals surface area contributed by atoms with Crippen LogP contribution in [0.4, 0.5) is 13.6 Å². The molecule has 1 unspecified atom stereocenters. The Labute approximate surface area is 229 Å². The Morgan fingerprint density at radius 2 is 1.69 bits per heavy atom. The Morgan fingerprint density at radius 3 is 2.41 bits per heavy atom. The van der Waals surface area contributed by atoms with E-state index in [1.165, 1.54) is 11.6 Å². The van der Waals surface area contributed by atoms with Crippen molar-refractivity contribution in [2.24, 2.45) is 0 Å². The number of rotatable bonds is 6. The Morgan fingerprint density at radius 1 is 0.949 bits per heavy atom. The summed E-state index contributed by atoms with van der Waals surface area (Å²) in [5, 5.41) is -0.537. The summed E-state index contributed by atoms with van der Waals surface area (Å²) >= 11 is 0.749. The smallest absolute Gasteiger partial charge is 0.293 e. The highest BCUT2D eigenvalue weighted by Gasteiger charge is 2.35. The van der Waals surface area contributed by atoms with Gasteiger partial charge < -0.3 is 4.90 Å². The van der Waals surface area contributed by atoms with Crippen LogP contribution in [-0.4, -0.2) is 57.9 Å². The number of halogens is 2. The minimum Gasteiger partial charge on any atom is -0.336 e. The van der Waals surface area contributed by atoms with E-state index in [-0.39, 0.29) is 29.0 Å². The summed E-state index contributed by atoms with van der Waals surface area (Å²) in [6, 6.07) is 20.5. The molecule has 39 heavy (non-hydrogen) atoms. The lowest BCUT2D eigenvalue weighted by molar-refractivity contribution is -0.123. The zero-order chi connectivity index (χ0) is 27.5. The molecule has 3 aromatic carbocycles. The number of hydrogen-bond acceptors (Lipinski definition) is 5. The first-order chi connectivity index (χ1) is 18.8. The van der Waals surface area contributed by atoms with Crippen molar-refractivity contribution in [3.63, 3.8) is 0 Å². The van der Waals surface area contributed by atoms with Gasteiger partial charge in [-0.2, -0.15) is 0 Å². The van der Waals surface area contributed by atoms with Crippen molar-refractivity contribution in [2.75, 3.05) is 26.2 Å². The van der Waals surface area contributed by atoms with Crippen molar-refractivity contribution in [2.45, 2.75) is 19.5 Å². The molecule has 0 spiro atoms. The molecule has 0 radical (unpaired) electrons. The fraction of sp³-hybridized carbons (Fsp3) is 0.233. The average Bonchev–Trinajstić information content (AvgIpc) is 3.21. The summed E-state index contributed by atoms with van der Waals surface area (Å²) in [6.45, 7) is 4.64. The van der Waals surface area contributed by atoms with Gasteiger partial charge in [0.15, 0.2) is 0 Å². The minimum absolute atomic E-state index is 0.0470. The zero-order valence-corrected chi connectivity index (χ0v) is 22.2. The number of benzene rings is 3. The van der Waals surface area contributed by atoms with Crippen molar-refractivity contribution in [3.8, 4) is 0 Å². The third kappa shape index (κ3) is 5.94. The Hall–Kier alpha value is -3.82. The maximum absolute atomic E-state index is 14.1. The van der Waals surface area contributed by atoms with E-state index in [4.69, 9.17) is 0 Å². The summed E-state index contributed by atoms with van der Waals surface area (Å²) in [5.41, 5.74) is 2.40. The van der Waals surface area contributed by atoms with Gasteiger partial charge >= 0.3 is 0 Å². The number of carbonyl (C=O) groups excluding carboxylic acids is 3. The molecule has 200 valence electrons. The monoisotopic (exact) mass is 547 g/mol. The molecule has 2 aliphatic heterocycles. The Bertz CT molecular complexity index is 1440. The molecule has 2 saturated heterocycles. The second-order valence-corrected chi connectivity index (χ2v) is 10.5. The number of hydrogen-bond donors (Lipinski definition) is 0. The molecule has 2 heterocycles. The van der Waals surface area contributed by atoms with Crippen LogP contribution in [0, 0.1) is 11.6 Å². The van der Waals surface area contributed by atoms with Crippen LogP contribution in [0.15, 0.2) is 77.7 Å². The molecule has 0 bridgehead atoms. The van der Waals surface area contributed by atoms with Crippen molar-refractivity contribution in [3.05, 3.63) is 112 Å². The van der Waals surface area contributed by atoms with Gasteiger partial charge in [-0.25, -0.2) is 8.78 Å². The van der Waals surface area contributed by atoms with E-state index >= 15 is 0 Å². The van der Waals surface area contributed by atoms with E-state index in [0.29, 0.717) is 24.2 Å². The Balaban J connectivity index is 1.24. The minimum atomic E-state index is -0.820. The van der Waals surface area contributed by atoms with Gasteiger partial charge in [0.25, 0.3) is 17.1 Å². The summed E-state index contributed by atoms with van der Waals surface area (Å²) in [5.74, 6) is -2.20. The van der Waals surface area contributed by atoms with Crippen LogP contribution in [-0.2, 0) is 11.3 Å². The van der Waals surface area contributed by atoms with Gasteiger partial charge in [-0.15, -0.1) is 0 Å². The SMILES string of the molecule is CC(c1ccccc1)N1CCN(C(=O)c2cccc(C=C3SC(=O)N(Cc4ccc(F)cc4F)C3=O)c2)CC1. The van der Waals surface area contributed by atoms with Gasteiger partial charge in [-0.3, -0.25) is 24.2 Å². The van der Waals surface area contributed by atoms with Crippen LogP contribution in [0.1, 0.15) is 40.0 Å². The van der Waals surface area contributed by atoms with Gasteiger partial charge in [0.1, 0.15) is 11.6 Å². The molecule has 5 rings (SSSR count). The molecule has 2 aliphatic rings. The maximum Gasteiger partial charge on any atom is 0.293 e. The first-order valence-corrected chi connectivity index (χ1v) is 13.5. The molecular weight excluding hydrogens is 520 g/mol. The molecule has 3 amide bonds. The summed E-state index contributed by atoms with van der Waals surface area (Å²) in [4.78, 5) is 43.9. The molecule has 3 aromatic rings. The number of carbonyl (C=O) groups is 3. The number of piperazine rings is 1. The molecule has 0 aliphatic carbocycles. The maximum atomic E-state index is 14.1. The fourth-order valence-corrected chi connectivity index (χ4v) is 5.64. The van der Waals surface area contributed by atoms with Crippen molar-refractivity contribution in [1.29, 1.82) is 0 Å². The molecule has 2 fully saturated rings. The molecule has 6 nitrogen and oxygen atoms in total. The summed E-state index contributed by atoms with van der Waals surface area (Å²) < 4.78 is 27.3. The van der Waals surface area contributed by atoms with Crippen LogP contribution >= 0.6 is 11.8 Å². The zero-order valence-electron chi connectivity index (χ0n) is 21.3. The molecule has 1 atom stereocenters. The van der Waals surface area contributed by atoms with Gasteiger partial charge in [-0.1, -0.05) is 48.5 Å². The quantitative estimate of drug-likeness (QED) is 0.370. The van der Waals surface area contributed by atoms with E-state index in [9.17, 15) is 23.2 Å². The lowest BCUT2D eigenvalue weighted by Crippen LogP contribution is -2.49. The van der Waals surface area contributed by atoms with Crippen LogP contribution in [0.3, 0.4) is 0 Å². The normalized spacial score (nSPS) is 18.2. The topological polar surface area (TPSA) is 60.9 Å². The highest BCUT2D eigenvalue weighted by Crippen LogP contribution is 2.34. The first kappa shape index (κ1) is 26.8. The lowest BCUT2D eigenvalue weighted by atomic mass is 10.1. The number of amides is 3.